The van der Waals surface area contributed by atoms with E-state index in [-0.39, 0.29) is 23.8 Å². The van der Waals surface area contributed by atoms with Crippen molar-refractivity contribution in [3.05, 3.63) is 58.6 Å². The Bertz CT molecular complexity index is 856. The van der Waals surface area contributed by atoms with E-state index in [0.717, 1.165) is 4.47 Å². The summed E-state index contributed by atoms with van der Waals surface area (Å²) in [5.74, 6) is -0.152. The summed E-state index contributed by atoms with van der Waals surface area (Å²) in [4.78, 5) is 28.2. The van der Waals surface area contributed by atoms with Gasteiger partial charge in [-0.15, -0.1) is 0 Å². The van der Waals surface area contributed by atoms with Gasteiger partial charge in [-0.2, -0.15) is 8.78 Å². The van der Waals surface area contributed by atoms with Crippen LogP contribution in [0.4, 0.5) is 8.78 Å². The van der Waals surface area contributed by atoms with Crippen LogP contribution in [-0.4, -0.2) is 61.0 Å². The molecular weight excluding hydrogens is 450 g/mol. The number of ether oxygens (including phenoxy) is 2. The molecule has 0 atom stereocenters. The summed E-state index contributed by atoms with van der Waals surface area (Å²) >= 11 is 3.33. The van der Waals surface area contributed by atoms with Crippen molar-refractivity contribution in [2.24, 2.45) is 0 Å². The van der Waals surface area contributed by atoms with Crippen LogP contribution in [0.3, 0.4) is 0 Å². The molecule has 2 aromatic rings. The Morgan fingerprint density at radius 2 is 1.59 bits per heavy atom. The predicted molar refractivity (Wildman–Crippen MR) is 105 cm³/mol. The molecule has 0 saturated carbocycles. The lowest BCUT2D eigenvalue weighted by Crippen LogP contribution is -2.51. The smallest absolute Gasteiger partial charge is 0.387 e. The molecule has 1 saturated heterocycles. The molecule has 3 rings (SSSR count). The zero-order chi connectivity index (χ0) is 20.8. The first-order valence-corrected chi connectivity index (χ1v) is 9.72. The summed E-state index contributed by atoms with van der Waals surface area (Å²) in [5.41, 5.74) is 0.0751. The number of nitrogens with zero attached hydrogens (tertiary/aromatic N) is 2. The molecule has 0 aliphatic carbocycles. The molecule has 0 spiro atoms. The first-order valence-electron chi connectivity index (χ1n) is 8.93. The lowest BCUT2D eigenvalue weighted by Gasteiger charge is -2.35. The van der Waals surface area contributed by atoms with Gasteiger partial charge in [0.05, 0.1) is 5.56 Å². The first-order chi connectivity index (χ1) is 13.9. The van der Waals surface area contributed by atoms with Crippen LogP contribution >= 0.6 is 15.9 Å². The van der Waals surface area contributed by atoms with Gasteiger partial charge in [0.25, 0.3) is 11.8 Å². The van der Waals surface area contributed by atoms with Gasteiger partial charge in [-0.3, -0.25) is 9.59 Å². The number of carbonyl (C=O) groups is 2. The van der Waals surface area contributed by atoms with Crippen LogP contribution in [0.25, 0.3) is 0 Å². The average molecular weight is 469 g/mol. The fraction of sp³-hybridized carbons (Fsp3) is 0.300. The van der Waals surface area contributed by atoms with E-state index in [4.69, 9.17) is 4.74 Å². The summed E-state index contributed by atoms with van der Waals surface area (Å²) < 4.78 is 36.0. The maximum atomic E-state index is 12.7. The van der Waals surface area contributed by atoms with Crippen molar-refractivity contribution in [1.29, 1.82) is 0 Å². The van der Waals surface area contributed by atoms with Gasteiger partial charge in [-0.25, -0.2) is 0 Å². The number of alkyl halides is 2. The molecule has 1 aliphatic rings. The number of carbonyl (C=O) groups excluding carboxylic acids is 2. The minimum absolute atomic E-state index is 0.0751. The molecule has 1 heterocycles. The standard InChI is InChI=1S/C20H19BrF2N2O4/c21-14-5-7-15(8-6-14)28-13-18(26)24-9-11-25(12-10-24)19(27)16-3-1-2-4-17(16)29-20(22)23/h1-8,20H,9-13H2. The van der Waals surface area contributed by atoms with Gasteiger partial charge < -0.3 is 19.3 Å². The molecule has 9 heteroatoms. The van der Waals surface area contributed by atoms with E-state index in [2.05, 4.69) is 20.7 Å². The minimum Gasteiger partial charge on any atom is -0.484 e. The SMILES string of the molecule is O=C(COc1ccc(Br)cc1)N1CCN(C(=O)c2ccccc2OC(F)F)CC1. The van der Waals surface area contributed by atoms with E-state index in [1.54, 1.807) is 23.1 Å². The number of benzene rings is 2. The highest BCUT2D eigenvalue weighted by atomic mass is 79.9. The number of rotatable bonds is 6. The molecule has 1 aliphatic heterocycles. The van der Waals surface area contributed by atoms with Crippen molar-refractivity contribution < 1.29 is 27.8 Å². The van der Waals surface area contributed by atoms with Crippen LogP contribution in [-0.2, 0) is 4.79 Å². The third kappa shape index (κ3) is 5.66. The summed E-state index contributed by atoms with van der Waals surface area (Å²) in [6.07, 6.45) is 0. The van der Waals surface area contributed by atoms with Gasteiger partial charge in [-0.1, -0.05) is 28.1 Å². The monoisotopic (exact) mass is 468 g/mol. The molecule has 0 radical (unpaired) electrons. The van der Waals surface area contributed by atoms with Crippen molar-refractivity contribution in [3.8, 4) is 11.5 Å². The number of para-hydroxylation sites is 1. The van der Waals surface area contributed by atoms with Crippen LogP contribution in [0.5, 0.6) is 11.5 Å². The second kappa shape index (κ2) is 9.69. The highest BCUT2D eigenvalue weighted by molar-refractivity contribution is 9.10. The van der Waals surface area contributed by atoms with Crippen molar-refractivity contribution in [1.82, 2.24) is 9.80 Å². The Kier molecular flexibility index (Phi) is 7.03. The molecule has 6 nitrogen and oxygen atoms in total. The largest absolute Gasteiger partial charge is 0.484 e. The predicted octanol–water partition coefficient (Wildman–Crippen LogP) is 3.41. The fourth-order valence-electron chi connectivity index (χ4n) is 2.94. The lowest BCUT2D eigenvalue weighted by atomic mass is 10.1. The van der Waals surface area contributed by atoms with Gasteiger partial charge >= 0.3 is 6.61 Å². The Hall–Kier alpha value is -2.68. The van der Waals surface area contributed by atoms with Crippen LogP contribution in [0, 0.1) is 0 Å². The van der Waals surface area contributed by atoms with E-state index in [1.165, 1.54) is 23.1 Å². The van der Waals surface area contributed by atoms with E-state index >= 15 is 0 Å². The zero-order valence-corrected chi connectivity index (χ0v) is 17.0. The summed E-state index contributed by atoms with van der Waals surface area (Å²) in [5, 5.41) is 0. The quantitative estimate of drug-likeness (QED) is 0.651. The van der Waals surface area contributed by atoms with E-state index in [1.807, 2.05) is 12.1 Å². The van der Waals surface area contributed by atoms with Gasteiger partial charge in [0.15, 0.2) is 6.61 Å². The van der Waals surface area contributed by atoms with E-state index < -0.39 is 12.5 Å². The zero-order valence-electron chi connectivity index (χ0n) is 15.4. The molecule has 2 aromatic carbocycles. The second-order valence-electron chi connectivity index (χ2n) is 6.29. The van der Waals surface area contributed by atoms with Crippen molar-refractivity contribution in [3.63, 3.8) is 0 Å². The molecular formula is C20H19BrF2N2O4. The highest BCUT2D eigenvalue weighted by Crippen LogP contribution is 2.22. The molecule has 29 heavy (non-hydrogen) atoms. The molecule has 154 valence electrons. The molecule has 1 fully saturated rings. The maximum absolute atomic E-state index is 12.7. The highest BCUT2D eigenvalue weighted by Gasteiger charge is 2.27. The summed E-state index contributed by atoms with van der Waals surface area (Å²) in [6.45, 7) is -1.83. The molecule has 2 amide bonds. The lowest BCUT2D eigenvalue weighted by molar-refractivity contribution is -0.134. The van der Waals surface area contributed by atoms with Crippen molar-refractivity contribution in [2.45, 2.75) is 6.61 Å². The first kappa shape index (κ1) is 21.0. The minimum atomic E-state index is -3.01. The van der Waals surface area contributed by atoms with Crippen molar-refractivity contribution in [2.75, 3.05) is 32.8 Å². The maximum Gasteiger partial charge on any atom is 0.387 e. The molecule has 0 bridgehead atoms. The number of amides is 2. The third-order valence-corrected chi connectivity index (χ3v) is 4.96. The van der Waals surface area contributed by atoms with Gasteiger partial charge in [0.2, 0.25) is 0 Å². The number of hydrogen-bond acceptors (Lipinski definition) is 4. The summed E-state index contributed by atoms with van der Waals surface area (Å²) in [6, 6.07) is 13.0. The Morgan fingerprint density at radius 1 is 0.966 bits per heavy atom. The molecule has 0 aromatic heterocycles. The van der Waals surface area contributed by atoms with E-state index in [0.29, 0.717) is 31.9 Å². The molecule has 0 unspecified atom stereocenters. The van der Waals surface area contributed by atoms with Gasteiger partial charge in [0.1, 0.15) is 11.5 Å². The second-order valence-corrected chi connectivity index (χ2v) is 7.21. The van der Waals surface area contributed by atoms with Crippen LogP contribution < -0.4 is 9.47 Å². The van der Waals surface area contributed by atoms with Gasteiger partial charge in [0, 0.05) is 30.7 Å². The van der Waals surface area contributed by atoms with Gasteiger partial charge in [-0.05, 0) is 36.4 Å². The Balaban J connectivity index is 1.53. The summed E-state index contributed by atoms with van der Waals surface area (Å²) in [7, 11) is 0. The number of piperazine rings is 1. The fourth-order valence-corrected chi connectivity index (χ4v) is 3.20. The third-order valence-electron chi connectivity index (χ3n) is 4.43. The van der Waals surface area contributed by atoms with Crippen molar-refractivity contribution >= 4 is 27.7 Å². The number of halogens is 3. The normalized spacial score (nSPS) is 14.1. The van der Waals surface area contributed by atoms with E-state index in [9.17, 15) is 18.4 Å². The Morgan fingerprint density at radius 3 is 2.24 bits per heavy atom. The van der Waals surface area contributed by atoms with Crippen LogP contribution in [0.15, 0.2) is 53.0 Å². The molecule has 0 N–H and O–H groups in total. The Labute approximate surface area is 175 Å². The topological polar surface area (TPSA) is 59.1 Å². The average Bonchev–Trinajstić information content (AvgIpc) is 2.73. The number of hydrogen-bond donors (Lipinski definition) is 0. The van der Waals surface area contributed by atoms with Crippen LogP contribution in [0.2, 0.25) is 0 Å². The van der Waals surface area contributed by atoms with Crippen LogP contribution in [0.1, 0.15) is 10.4 Å².